The lowest BCUT2D eigenvalue weighted by molar-refractivity contribution is -0.142. The number of rotatable bonds is 8. The summed E-state index contributed by atoms with van der Waals surface area (Å²) >= 11 is 0. The second-order valence-corrected chi connectivity index (χ2v) is 10.2. The van der Waals surface area contributed by atoms with Crippen molar-refractivity contribution in [2.24, 2.45) is 0 Å². The van der Waals surface area contributed by atoms with E-state index in [2.05, 4.69) is 26.1 Å². The van der Waals surface area contributed by atoms with Crippen LogP contribution in [0.25, 0.3) is 0 Å². The molecule has 2 amide bonds. The Hall–Kier alpha value is -2.89. The maximum absolute atomic E-state index is 14.4. The molecule has 0 radical (unpaired) electrons. The summed E-state index contributed by atoms with van der Waals surface area (Å²) in [6, 6.07) is 13.4. The number of nitrogens with one attached hydrogen (secondary N) is 1. The van der Waals surface area contributed by atoms with Gasteiger partial charge in [-0.3, -0.25) is 9.59 Å². The van der Waals surface area contributed by atoms with Crippen LogP contribution in [0.2, 0.25) is 0 Å². The Morgan fingerprint density at radius 1 is 1.06 bits per heavy atom. The molecule has 1 aliphatic rings. The van der Waals surface area contributed by atoms with E-state index in [1.807, 2.05) is 24.3 Å². The van der Waals surface area contributed by atoms with E-state index in [-0.39, 0.29) is 36.4 Å². The van der Waals surface area contributed by atoms with Crippen LogP contribution in [0.5, 0.6) is 5.75 Å². The summed E-state index contributed by atoms with van der Waals surface area (Å²) < 4.78 is 20.1. The Morgan fingerprint density at radius 3 is 2.32 bits per heavy atom. The summed E-state index contributed by atoms with van der Waals surface area (Å²) in [4.78, 5) is 27.6. The zero-order chi connectivity index (χ0) is 24.7. The molecule has 0 spiro atoms. The van der Waals surface area contributed by atoms with Gasteiger partial charge in [0, 0.05) is 18.2 Å². The van der Waals surface area contributed by atoms with Crippen LogP contribution in [0.4, 0.5) is 4.39 Å². The van der Waals surface area contributed by atoms with Gasteiger partial charge in [0.1, 0.15) is 17.6 Å². The van der Waals surface area contributed by atoms with E-state index in [0.29, 0.717) is 11.3 Å². The zero-order valence-electron chi connectivity index (χ0n) is 20.8. The van der Waals surface area contributed by atoms with Crippen molar-refractivity contribution in [3.05, 3.63) is 65.5 Å². The normalized spacial score (nSPS) is 15.4. The molecule has 1 atom stereocenters. The lowest BCUT2D eigenvalue weighted by Gasteiger charge is -2.31. The predicted molar refractivity (Wildman–Crippen MR) is 132 cm³/mol. The average molecular weight is 469 g/mol. The van der Waals surface area contributed by atoms with E-state index in [0.717, 1.165) is 25.7 Å². The van der Waals surface area contributed by atoms with Gasteiger partial charge in [0.2, 0.25) is 5.91 Å². The molecule has 1 N–H and O–H groups in total. The SMILES string of the molecule is C[C@H](C(=O)NC1CCCCC1)N(Cc1ccccc1F)C(=O)COc1ccc(C(C)(C)C)cc1. The van der Waals surface area contributed by atoms with Crippen molar-refractivity contribution < 1.29 is 18.7 Å². The van der Waals surface area contributed by atoms with Crippen LogP contribution in [0.15, 0.2) is 48.5 Å². The molecule has 0 aliphatic heterocycles. The number of benzene rings is 2. The van der Waals surface area contributed by atoms with Gasteiger partial charge in [0.25, 0.3) is 5.91 Å². The zero-order valence-corrected chi connectivity index (χ0v) is 20.8. The first-order chi connectivity index (χ1) is 16.1. The van der Waals surface area contributed by atoms with Crippen LogP contribution in [0.3, 0.4) is 0 Å². The summed E-state index contributed by atoms with van der Waals surface area (Å²) in [5.74, 6) is -0.411. The first-order valence-corrected chi connectivity index (χ1v) is 12.2. The van der Waals surface area contributed by atoms with Gasteiger partial charge < -0.3 is 15.0 Å². The molecule has 0 heterocycles. The van der Waals surface area contributed by atoms with Crippen LogP contribution in [0, 0.1) is 5.82 Å². The Labute approximate surface area is 202 Å². The Kier molecular flexibility index (Phi) is 8.70. The maximum Gasteiger partial charge on any atom is 0.261 e. The number of halogens is 1. The quantitative estimate of drug-likeness (QED) is 0.567. The molecule has 2 aromatic rings. The molecule has 1 fully saturated rings. The first-order valence-electron chi connectivity index (χ1n) is 12.2. The second kappa shape index (κ2) is 11.5. The number of carbonyl (C=O) groups is 2. The van der Waals surface area contributed by atoms with Crippen molar-refractivity contribution in [2.75, 3.05) is 6.61 Å². The fourth-order valence-electron chi connectivity index (χ4n) is 4.24. The Bertz CT molecular complexity index is 962. The van der Waals surface area contributed by atoms with Crippen molar-refractivity contribution >= 4 is 11.8 Å². The van der Waals surface area contributed by atoms with E-state index in [9.17, 15) is 14.0 Å². The van der Waals surface area contributed by atoms with E-state index in [1.54, 1.807) is 25.1 Å². The molecule has 6 heteroatoms. The molecule has 5 nitrogen and oxygen atoms in total. The highest BCUT2D eigenvalue weighted by Gasteiger charge is 2.29. The molecule has 1 aliphatic carbocycles. The number of carbonyl (C=O) groups excluding carboxylic acids is 2. The molecule has 0 bridgehead atoms. The molecule has 1 saturated carbocycles. The van der Waals surface area contributed by atoms with Crippen LogP contribution < -0.4 is 10.1 Å². The van der Waals surface area contributed by atoms with Gasteiger partial charge >= 0.3 is 0 Å². The third-order valence-electron chi connectivity index (χ3n) is 6.50. The standard InChI is InChI=1S/C28H37FN2O3/c1-20(27(33)30-23-11-6-5-7-12-23)31(18-21-10-8-9-13-25(21)29)26(32)19-34-24-16-14-22(15-17-24)28(2,3)4/h8-10,13-17,20,23H,5-7,11-12,18-19H2,1-4H3,(H,30,33)/t20-/m1/s1. The minimum Gasteiger partial charge on any atom is -0.484 e. The summed E-state index contributed by atoms with van der Waals surface area (Å²) in [7, 11) is 0. The van der Waals surface area contributed by atoms with Crippen LogP contribution in [0.1, 0.15) is 70.9 Å². The monoisotopic (exact) mass is 468 g/mol. The first kappa shape index (κ1) is 25.7. The molecule has 0 unspecified atom stereocenters. The smallest absolute Gasteiger partial charge is 0.261 e. The molecule has 3 rings (SSSR count). The van der Waals surface area contributed by atoms with E-state index in [1.165, 1.54) is 23.0 Å². The van der Waals surface area contributed by atoms with E-state index < -0.39 is 11.9 Å². The summed E-state index contributed by atoms with van der Waals surface area (Å²) in [6.07, 6.45) is 5.28. The van der Waals surface area contributed by atoms with E-state index in [4.69, 9.17) is 4.74 Å². The lowest BCUT2D eigenvalue weighted by atomic mass is 9.87. The highest BCUT2D eigenvalue weighted by Crippen LogP contribution is 2.24. The minimum atomic E-state index is -0.749. The Balaban J connectivity index is 1.70. The summed E-state index contributed by atoms with van der Waals surface area (Å²) in [5, 5.41) is 3.08. The van der Waals surface area contributed by atoms with Gasteiger partial charge in [-0.1, -0.05) is 70.4 Å². The summed E-state index contributed by atoms with van der Waals surface area (Å²) in [6.45, 7) is 7.85. The third-order valence-corrected chi connectivity index (χ3v) is 6.50. The minimum absolute atomic E-state index is 0.00289. The topological polar surface area (TPSA) is 58.6 Å². The average Bonchev–Trinajstić information content (AvgIpc) is 2.82. The van der Waals surface area contributed by atoms with Crippen molar-refractivity contribution in [3.63, 3.8) is 0 Å². The largest absolute Gasteiger partial charge is 0.484 e. The highest BCUT2D eigenvalue weighted by molar-refractivity contribution is 5.88. The van der Waals surface area contributed by atoms with Crippen molar-refractivity contribution in [2.45, 2.75) is 83.8 Å². The van der Waals surface area contributed by atoms with Crippen LogP contribution >= 0.6 is 0 Å². The van der Waals surface area contributed by atoms with Gasteiger partial charge in [-0.15, -0.1) is 0 Å². The predicted octanol–water partition coefficient (Wildman–Crippen LogP) is 5.37. The molecular formula is C28H37FN2O3. The molecule has 2 aromatic carbocycles. The van der Waals surface area contributed by atoms with Gasteiger partial charge in [-0.2, -0.15) is 0 Å². The molecular weight excluding hydrogens is 431 g/mol. The number of hydrogen-bond acceptors (Lipinski definition) is 3. The fraction of sp³-hybridized carbons (Fsp3) is 0.500. The molecule has 34 heavy (non-hydrogen) atoms. The maximum atomic E-state index is 14.4. The fourth-order valence-corrected chi connectivity index (χ4v) is 4.24. The Morgan fingerprint density at radius 2 is 1.71 bits per heavy atom. The van der Waals surface area contributed by atoms with Crippen molar-refractivity contribution in [3.8, 4) is 5.75 Å². The molecule has 0 saturated heterocycles. The van der Waals surface area contributed by atoms with Crippen LogP contribution in [-0.2, 0) is 21.5 Å². The number of nitrogens with zero attached hydrogens (tertiary/aromatic N) is 1. The number of ether oxygens (including phenoxy) is 1. The molecule has 0 aromatic heterocycles. The second-order valence-electron chi connectivity index (χ2n) is 10.2. The number of amides is 2. The van der Waals surface area contributed by atoms with Crippen molar-refractivity contribution in [1.29, 1.82) is 0 Å². The van der Waals surface area contributed by atoms with Gasteiger partial charge in [-0.05, 0) is 48.9 Å². The summed E-state index contributed by atoms with van der Waals surface area (Å²) in [5.41, 5.74) is 1.55. The van der Waals surface area contributed by atoms with Gasteiger partial charge in [-0.25, -0.2) is 4.39 Å². The van der Waals surface area contributed by atoms with Gasteiger partial charge in [0.05, 0.1) is 0 Å². The van der Waals surface area contributed by atoms with Crippen LogP contribution in [-0.4, -0.2) is 35.4 Å². The van der Waals surface area contributed by atoms with E-state index >= 15 is 0 Å². The third kappa shape index (κ3) is 7.05. The lowest BCUT2D eigenvalue weighted by Crippen LogP contribution is -2.51. The number of hydrogen-bond donors (Lipinski definition) is 1. The van der Waals surface area contributed by atoms with Gasteiger partial charge in [0.15, 0.2) is 6.61 Å². The highest BCUT2D eigenvalue weighted by atomic mass is 19.1. The molecule has 184 valence electrons. The van der Waals surface area contributed by atoms with Crippen molar-refractivity contribution in [1.82, 2.24) is 10.2 Å².